The Morgan fingerprint density at radius 2 is 2.04 bits per heavy atom. The van der Waals surface area contributed by atoms with Crippen LogP contribution in [0.15, 0.2) is 11.2 Å². The Balaban J connectivity index is 1.30. The van der Waals surface area contributed by atoms with Crippen molar-refractivity contribution >= 4 is 22.6 Å². The predicted molar refractivity (Wildman–Crippen MR) is 108 cm³/mol. The van der Waals surface area contributed by atoms with Crippen molar-refractivity contribution in [2.75, 3.05) is 38.1 Å². The smallest absolute Gasteiger partial charge is 0.205 e. The molecule has 0 bridgehead atoms. The van der Waals surface area contributed by atoms with Crippen molar-refractivity contribution in [3.8, 4) is 0 Å². The molecular formula is C18H28N8S. The molecular weight excluding hydrogens is 360 g/mol. The van der Waals surface area contributed by atoms with Gasteiger partial charge in [-0.25, -0.2) is 9.97 Å². The van der Waals surface area contributed by atoms with E-state index in [0.717, 1.165) is 74.7 Å². The molecule has 0 saturated carbocycles. The van der Waals surface area contributed by atoms with Crippen LogP contribution in [-0.4, -0.2) is 63.0 Å². The van der Waals surface area contributed by atoms with Gasteiger partial charge >= 0.3 is 0 Å². The standard InChI is InChI=1S/C18H28N8S/c1-3-15-22-18(27-23-15)25-10-8-24(9-11-25)17(19-2)20-12-14-13-26-7-5-4-6-16(26)21-14/h13H,3-12H2,1-2H3,(H,19,20). The first kappa shape index (κ1) is 18.2. The Labute approximate surface area is 164 Å². The molecule has 2 aromatic heterocycles. The van der Waals surface area contributed by atoms with Gasteiger partial charge < -0.3 is 19.7 Å². The van der Waals surface area contributed by atoms with Gasteiger partial charge in [-0.3, -0.25) is 4.99 Å². The molecule has 4 rings (SSSR count). The van der Waals surface area contributed by atoms with Crippen LogP contribution in [0.1, 0.15) is 37.1 Å². The summed E-state index contributed by atoms with van der Waals surface area (Å²) in [5, 5.41) is 4.53. The largest absolute Gasteiger partial charge is 0.351 e. The van der Waals surface area contributed by atoms with Crippen molar-refractivity contribution in [1.29, 1.82) is 0 Å². The fourth-order valence-corrected chi connectivity index (χ4v) is 4.49. The maximum Gasteiger partial charge on any atom is 0.205 e. The molecule has 0 spiro atoms. The molecule has 2 aromatic rings. The van der Waals surface area contributed by atoms with Crippen LogP contribution in [0, 0.1) is 0 Å². The van der Waals surface area contributed by atoms with E-state index in [9.17, 15) is 0 Å². The number of aromatic nitrogens is 4. The summed E-state index contributed by atoms with van der Waals surface area (Å²) in [5.74, 6) is 3.12. The van der Waals surface area contributed by atoms with Gasteiger partial charge in [0.15, 0.2) is 5.96 Å². The molecule has 146 valence electrons. The molecule has 0 aliphatic carbocycles. The molecule has 0 atom stereocenters. The second-order valence-corrected chi connectivity index (χ2v) is 7.75. The summed E-state index contributed by atoms with van der Waals surface area (Å²) in [4.78, 5) is 18.5. The molecule has 2 aliphatic heterocycles. The Kier molecular flexibility index (Phi) is 5.56. The van der Waals surface area contributed by atoms with Crippen LogP contribution >= 0.6 is 11.5 Å². The van der Waals surface area contributed by atoms with Gasteiger partial charge in [-0.15, -0.1) is 0 Å². The van der Waals surface area contributed by atoms with Crippen LogP contribution in [0.25, 0.3) is 0 Å². The molecule has 2 aliphatic rings. The summed E-state index contributed by atoms with van der Waals surface area (Å²) in [7, 11) is 1.85. The fraction of sp³-hybridized carbons (Fsp3) is 0.667. The first-order valence-electron chi connectivity index (χ1n) is 9.85. The number of guanidine groups is 1. The highest BCUT2D eigenvalue weighted by Gasteiger charge is 2.22. The third-order valence-corrected chi connectivity index (χ3v) is 6.04. The molecule has 4 heterocycles. The zero-order valence-electron chi connectivity index (χ0n) is 16.2. The zero-order valence-corrected chi connectivity index (χ0v) is 17.0. The summed E-state index contributed by atoms with van der Waals surface area (Å²) in [6, 6.07) is 0. The minimum Gasteiger partial charge on any atom is -0.351 e. The van der Waals surface area contributed by atoms with Crippen LogP contribution in [-0.2, 0) is 25.9 Å². The fourth-order valence-electron chi connectivity index (χ4n) is 3.69. The third kappa shape index (κ3) is 4.07. The molecule has 0 unspecified atom stereocenters. The lowest BCUT2D eigenvalue weighted by atomic mass is 10.2. The molecule has 0 aromatic carbocycles. The highest BCUT2D eigenvalue weighted by Crippen LogP contribution is 2.19. The Morgan fingerprint density at radius 1 is 1.19 bits per heavy atom. The highest BCUT2D eigenvalue weighted by molar-refractivity contribution is 7.09. The van der Waals surface area contributed by atoms with Crippen LogP contribution < -0.4 is 10.2 Å². The number of nitrogens with zero attached hydrogens (tertiary/aromatic N) is 7. The third-order valence-electron chi connectivity index (χ3n) is 5.22. The second-order valence-electron chi connectivity index (χ2n) is 7.02. The van der Waals surface area contributed by atoms with Gasteiger partial charge in [0.25, 0.3) is 0 Å². The van der Waals surface area contributed by atoms with Crippen LogP contribution in [0.5, 0.6) is 0 Å². The molecule has 0 radical (unpaired) electrons. The zero-order chi connectivity index (χ0) is 18.6. The van der Waals surface area contributed by atoms with Crippen molar-refractivity contribution in [3.63, 3.8) is 0 Å². The number of aryl methyl sites for hydroxylation is 3. The minimum absolute atomic E-state index is 0.725. The number of imidazole rings is 1. The SMILES string of the molecule is CCc1nsc(N2CCN(C(=NC)NCc3cn4c(n3)CCCC4)CC2)n1. The Hall–Kier alpha value is -2.16. The summed E-state index contributed by atoms with van der Waals surface area (Å²) >= 11 is 1.51. The number of piperazine rings is 1. The summed E-state index contributed by atoms with van der Waals surface area (Å²) in [6.07, 6.45) is 6.70. The van der Waals surface area contributed by atoms with E-state index >= 15 is 0 Å². The monoisotopic (exact) mass is 388 g/mol. The predicted octanol–water partition coefficient (Wildman–Crippen LogP) is 1.53. The molecule has 0 amide bonds. The van der Waals surface area contributed by atoms with E-state index in [-0.39, 0.29) is 0 Å². The quantitative estimate of drug-likeness (QED) is 0.632. The lowest BCUT2D eigenvalue weighted by molar-refractivity contribution is 0.372. The van der Waals surface area contributed by atoms with Crippen LogP contribution in [0.4, 0.5) is 5.13 Å². The van der Waals surface area contributed by atoms with Crippen LogP contribution in [0.2, 0.25) is 0 Å². The van der Waals surface area contributed by atoms with Gasteiger partial charge in [0.1, 0.15) is 11.6 Å². The summed E-state index contributed by atoms with van der Waals surface area (Å²) < 4.78 is 6.70. The molecule has 1 saturated heterocycles. The maximum atomic E-state index is 4.77. The lowest BCUT2D eigenvalue weighted by Gasteiger charge is -2.36. The van der Waals surface area contributed by atoms with E-state index in [0.29, 0.717) is 0 Å². The maximum absolute atomic E-state index is 4.77. The summed E-state index contributed by atoms with van der Waals surface area (Å²) in [6.45, 7) is 7.67. The number of anilines is 1. The van der Waals surface area contributed by atoms with E-state index in [1.54, 1.807) is 0 Å². The topological polar surface area (TPSA) is 74.5 Å². The number of rotatable bonds is 4. The number of aliphatic imine (C=N–C) groups is 1. The normalized spacial score (nSPS) is 17.9. The average Bonchev–Trinajstić information content (AvgIpc) is 3.35. The number of hydrogen-bond acceptors (Lipinski definition) is 6. The van der Waals surface area contributed by atoms with Gasteiger partial charge in [0.05, 0.1) is 12.2 Å². The van der Waals surface area contributed by atoms with Crippen molar-refractivity contribution in [3.05, 3.63) is 23.5 Å². The minimum atomic E-state index is 0.725. The molecule has 27 heavy (non-hydrogen) atoms. The molecule has 1 fully saturated rings. The first-order chi connectivity index (χ1) is 13.3. The first-order valence-corrected chi connectivity index (χ1v) is 10.6. The van der Waals surface area contributed by atoms with E-state index in [4.69, 9.17) is 4.98 Å². The molecule has 1 N–H and O–H groups in total. The van der Waals surface area contributed by atoms with E-state index in [1.807, 2.05) is 7.05 Å². The molecule has 8 nitrogen and oxygen atoms in total. The van der Waals surface area contributed by atoms with Crippen molar-refractivity contribution in [2.45, 2.75) is 45.7 Å². The van der Waals surface area contributed by atoms with Gasteiger partial charge in [0, 0.05) is 70.3 Å². The highest BCUT2D eigenvalue weighted by atomic mass is 32.1. The lowest BCUT2D eigenvalue weighted by Crippen LogP contribution is -2.52. The van der Waals surface area contributed by atoms with Gasteiger partial charge in [-0.2, -0.15) is 4.37 Å². The molecule has 9 heteroatoms. The number of hydrogen-bond donors (Lipinski definition) is 1. The van der Waals surface area contributed by atoms with Gasteiger partial charge in [-0.05, 0) is 12.8 Å². The van der Waals surface area contributed by atoms with E-state index in [2.05, 4.69) is 47.2 Å². The van der Waals surface area contributed by atoms with E-state index in [1.165, 1.54) is 30.2 Å². The number of nitrogens with one attached hydrogen (secondary N) is 1. The Morgan fingerprint density at radius 3 is 2.74 bits per heavy atom. The second kappa shape index (κ2) is 8.24. The summed E-state index contributed by atoms with van der Waals surface area (Å²) in [5.41, 5.74) is 1.10. The van der Waals surface area contributed by atoms with Crippen molar-refractivity contribution < 1.29 is 0 Å². The number of fused-ring (bicyclic) bond motifs is 1. The van der Waals surface area contributed by atoms with E-state index < -0.39 is 0 Å². The van der Waals surface area contributed by atoms with Crippen LogP contribution in [0.3, 0.4) is 0 Å². The van der Waals surface area contributed by atoms with Crippen molar-refractivity contribution in [2.24, 2.45) is 4.99 Å². The average molecular weight is 389 g/mol. The Bertz CT molecular complexity index is 764. The van der Waals surface area contributed by atoms with Gasteiger partial charge in [0.2, 0.25) is 5.13 Å². The van der Waals surface area contributed by atoms with Crippen molar-refractivity contribution in [1.82, 2.24) is 29.1 Å². The van der Waals surface area contributed by atoms with Gasteiger partial charge in [-0.1, -0.05) is 6.92 Å².